The quantitative estimate of drug-likeness (QED) is 0.729. The third kappa shape index (κ3) is 1.73. The Bertz CT molecular complexity index is 259. The molecule has 0 atom stereocenters. The molecule has 0 radical (unpaired) electrons. The van der Waals surface area contributed by atoms with Crippen molar-refractivity contribution in [1.82, 2.24) is 9.36 Å². The van der Waals surface area contributed by atoms with Crippen LogP contribution in [0, 0.1) is 0 Å². The molecule has 5 heteroatoms. The first-order chi connectivity index (χ1) is 5.90. The molecule has 2 rings (SSSR count). The first-order valence-corrected chi connectivity index (χ1v) is 4.86. The standard InChI is InChI=1S/C7H11N3OS/c11-4-3-8-7-9-6(10-12-7)5-1-2-5/h5,11H,1-4H2,(H,8,9,10). The Labute approximate surface area is 74.8 Å². The van der Waals surface area contributed by atoms with Gasteiger partial charge in [0.2, 0.25) is 5.13 Å². The van der Waals surface area contributed by atoms with Gasteiger partial charge in [-0.25, -0.2) is 4.98 Å². The van der Waals surface area contributed by atoms with Gasteiger partial charge in [0, 0.05) is 24.0 Å². The molecule has 0 bridgehead atoms. The van der Waals surface area contributed by atoms with E-state index in [1.54, 1.807) is 0 Å². The molecule has 2 N–H and O–H groups in total. The summed E-state index contributed by atoms with van der Waals surface area (Å²) < 4.78 is 4.22. The normalized spacial score (nSPS) is 16.4. The molecule has 12 heavy (non-hydrogen) atoms. The highest BCUT2D eigenvalue weighted by Gasteiger charge is 2.27. The maximum absolute atomic E-state index is 8.55. The van der Waals surface area contributed by atoms with Crippen LogP contribution in [0.5, 0.6) is 0 Å². The van der Waals surface area contributed by atoms with E-state index in [1.807, 2.05) is 0 Å². The van der Waals surface area contributed by atoms with Crippen molar-refractivity contribution in [3.63, 3.8) is 0 Å². The maximum Gasteiger partial charge on any atom is 0.202 e. The van der Waals surface area contributed by atoms with E-state index in [1.165, 1.54) is 24.4 Å². The predicted molar refractivity (Wildman–Crippen MR) is 47.5 cm³/mol. The number of hydrogen-bond acceptors (Lipinski definition) is 5. The van der Waals surface area contributed by atoms with Crippen LogP contribution < -0.4 is 5.32 Å². The van der Waals surface area contributed by atoms with Crippen LogP contribution in [0.2, 0.25) is 0 Å². The van der Waals surface area contributed by atoms with Crippen molar-refractivity contribution in [3.8, 4) is 0 Å². The van der Waals surface area contributed by atoms with Crippen LogP contribution in [0.3, 0.4) is 0 Å². The third-order valence-corrected chi connectivity index (χ3v) is 2.46. The number of aliphatic hydroxyl groups excluding tert-OH is 1. The lowest BCUT2D eigenvalue weighted by atomic mass is 10.4. The van der Waals surface area contributed by atoms with Crippen molar-refractivity contribution in [1.29, 1.82) is 0 Å². The van der Waals surface area contributed by atoms with Crippen LogP contribution in [0.15, 0.2) is 0 Å². The van der Waals surface area contributed by atoms with E-state index < -0.39 is 0 Å². The molecule has 1 aliphatic carbocycles. The van der Waals surface area contributed by atoms with Gasteiger partial charge < -0.3 is 10.4 Å². The Hall–Kier alpha value is -0.680. The minimum Gasteiger partial charge on any atom is -0.395 e. The van der Waals surface area contributed by atoms with E-state index in [2.05, 4.69) is 14.7 Å². The SMILES string of the molecule is OCCNc1nc(C2CC2)ns1. The number of nitrogens with one attached hydrogen (secondary N) is 1. The van der Waals surface area contributed by atoms with E-state index >= 15 is 0 Å². The van der Waals surface area contributed by atoms with Gasteiger partial charge in [0.15, 0.2) is 0 Å². The minimum absolute atomic E-state index is 0.137. The lowest BCUT2D eigenvalue weighted by Crippen LogP contribution is -2.04. The summed E-state index contributed by atoms with van der Waals surface area (Å²) in [7, 11) is 0. The Kier molecular flexibility index (Phi) is 2.23. The smallest absolute Gasteiger partial charge is 0.202 e. The first kappa shape index (κ1) is 7.94. The molecule has 0 spiro atoms. The van der Waals surface area contributed by atoms with Gasteiger partial charge in [0.25, 0.3) is 0 Å². The second-order valence-electron chi connectivity index (χ2n) is 2.88. The van der Waals surface area contributed by atoms with E-state index in [4.69, 9.17) is 5.11 Å². The highest BCUT2D eigenvalue weighted by molar-refractivity contribution is 7.09. The maximum atomic E-state index is 8.55. The Balaban J connectivity index is 1.93. The average molecular weight is 185 g/mol. The number of hydrogen-bond donors (Lipinski definition) is 2. The summed E-state index contributed by atoms with van der Waals surface area (Å²) in [5.74, 6) is 1.59. The number of aliphatic hydroxyl groups is 1. The lowest BCUT2D eigenvalue weighted by Gasteiger charge is -1.95. The topological polar surface area (TPSA) is 58.0 Å². The van der Waals surface area contributed by atoms with Crippen molar-refractivity contribution in [3.05, 3.63) is 5.82 Å². The Morgan fingerprint density at radius 1 is 1.58 bits per heavy atom. The molecule has 1 aliphatic rings. The summed E-state index contributed by atoms with van der Waals surface area (Å²) in [6, 6.07) is 0. The van der Waals surface area contributed by atoms with Gasteiger partial charge in [-0.3, -0.25) is 0 Å². The highest BCUT2D eigenvalue weighted by Crippen LogP contribution is 2.39. The molecule has 1 aromatic heterocycles. The Morgan fingerprint density at radius 2 is 2.42 bits per heavy atom. The van der Waals surface area contributed by atoms with Gasteiger partial charge in [-0.15, -0.1) is 0 Å². The number of anilines is 1. The number of aromatic nitrogens is 2. The first-order valence-electron chi connectivity index (χ1n) is 4.08. The van der Waals surface area contributed by atoms with Crippen LogP contribution in [-0.2, 0) is 0 Å². The van der Waals surface area contributed by atoms with E-state index in [0.29, 0.717) is 12.5 Å². The fourth-order valence-electron chi connectivity index (χ4n) is 0.977. The van der Waals surface area contributed by atoms with Crippen molar-refractivity contribution >= 4 is 16.7 Å². The molecule has 1 aromatic rings. The van der Waals surface area contributed by atoms with Crippen LogP contribution in [0.1, 0.15) is 24.6 Å². The predicted octanol–water partition coefficient (Wildman–Crippen LogP) is 0.820. The van der Waals surface area contributed by atoms with Crippen molar-refractivity contribution in [2.75, 3.05) is 18.5 Å². The summed E-state index contributed by atoms with van der Waals surface area (Å²) >= 11 is 1.37. The monoisotopic (exact) mass is 185 g/mol. The minimum atomic E-state index is 0.137. The number of nitrogens with zero attached hydrogens (tertiary/aromatic N) is 2. The summed E-state index contributed by atoms with van der Waals surface area (Å²) in [5.41, 5.74) is 0. The molecule has 0 aromatic carbocycles. The van der Waals surface area contributed by atoms with Crippen LogP contribution in [0.25, 0.3) is 0 Å². The number of rotatable bonds is 4. The molecule has 1 saturated carbocycles. The Morgan fingerprint density at radius 3 is 3.08 bits per heavy atom. The van der Waals surface area contributed by atoms with Crippen LogP contribution in [-0.4, -0.2) is 27.6 Å². The molecule has 1 fully saturated rings. The van der Waals surface area contributed by atoms with Gasteiger partial charge in [0.05, 0.1) is 6.61 Å². The largest absolute Gasteiger partial charge is 0.395 e. The van der Waals surface area contributed by atoms with Crippen molar-refractivity contribution in [2.24, 2.45) is 0 Å². The lowest BCUT2D eigenvalue weighted by molar-refractivity contribution is 0.311. The molecular weight excluding hydrogens is 174 g/mol. The molecule has 0 unspecified atom stereocenters. The van der Waals surface area contributed by atoms with Gasteiger partial charge in [-0.05, 0) is 12.8 Å². The summed E-state index contributed by atoms with van der Waals surface area (Å²) in [6.07, 6.45) is 2.46. The van der Waals surface area contributed by atoms with Gasteiger partial charge in [-0.1, -0.05) is 0 Å². The summed E-state index contributed by atoms with van der Waals surface area (Å²) in [5, 5.41) is 12.4. The molecule has 0 saturated heterocycles. The second kappa shape index (κ2) is 3.37. The molecular formula is C7H11N3OS. The molecule has 1 heterocycles. The molecule has 4 nitrogen and oxygen atoms in total. The van der Waals surface area contributed by atoms with E-state index in [-0.39, 0.29) is 6.61 Å². The van der Waals surface area contributed by atoms with E-state index in [0.717, 1.165) is 11.0 Å². The van der Waals surface area contributed by atoms with Crippen LogP contribution >= 0.6 is 11.5 Å². The average Bonchev–Trinajstić information content (AvgIpc) is 2.83. The zero-order valence-electron chi connectivity index (χ0n) is 6.66. The van der Waals surface area contributed by atoms with Crippen molar-refractivity contribution < 1.29 is 5.11 Å². The molecule has 0 amide bonds. The van der Waals surface area contributed by atoms with Gasteiger partial charge in [0.1, 0.15) is 5.82 Å². The van der Waals surface area contributed by atoms with E-state index in [9.17, 15) is 0 Å². The summed E-state index contributed by atoms with van der Waals surface area (Å²) in [4.78, 5) is 4.29. The third-order valence-electron chi connectivity index (χ3n) is 1.77. The fourth-order valence-corrected chi connectivity index (χ4v) is 1.65. The zero-order chi connectivity index (χ0) is 8.39. The van der Waals surface area contributed by atoms with Gasteiger partial charge in [-0.2, -0.15) is 4.37 Å². The van der Waals surface area contributed by atoms with Gasteiger partial charge >= 0.3 is 0 Å². The van der Waals surface area contributed by atoms with Crippen LogP contribution in [0.4, 0.5) is 5.13 Å². The second-order valence-corrected chi connectivity index (χ2v) is 3.63. The molecule has 0 aliphatic heterocycles. The fraction of sp³-hybridized carbons (Fsp3) is 0.714. The highest BCUT2D eigenvalue weighted by atomic mass is 32.1. The zero-order valence-corrected chi connectivity index (χ0v) is 7.47. The molecule has 66 valence electrons. The summed E-state index contributed by atoms with van der Waals surface area (Å²) in [6.45, 7) is 0.692. The van der Waals surface area contributed by atoms with Crippen molar-refractivity contribution in [2.45, 2.75) is 18.8 Å².